The Morgan fingerprint density at radius 2 is 2.18 bits per heavy atom. The molecule has 0 aliphatic rings. The summed E-state index contributed by atoms with van der Waals surface area (Å²) < 4.78 is 6.37. The summed E-state index contributed by atoms with van der Waals surface area (Å²) >= 11 is 9.22. The molecular formula is C11H9BrClN3O. The number of ether oxygens (including phenoxy) is 1. The molecular weight excluding hydrogens is 305 g/mol. The minimum Gasteiger partial charge on any atom is -0.437 e. The number of pyridine rings is 2. The van der Waals surface area contributed by atoms with Gasteiger partial charge < -0.3 is 10.5 Å². The van der Waals surface area contributed by atoms with E-state index >= 15 is 0 Å². The molecule has 0 spiro atoms. The fourth-order valence-electron chi connectivity index (χ4n) is 1.23. The summed E-state index contributed by atoms with van der Waals surface area (Å²) in [7, 11) is 0. The summed E-state index contributed by atoms with van der Waals surface area (Å²) in [4.78, 5) is 8.18. The lowest BCUT2D eigenvalue weighted by Crippen LogP contribution is -2.01. The molecule has 0 radical (unpaired) electrons. The molecule has 2 aromatic heterocycles. The van der Waals surface area contributed by atoms with E-state index in [0.717, 1.165) is 4.47 Å². The van der Waals surface area contributed by atoms with Gasteiger partial charge in [0.05, 0.1) is 16.9 Å². The fourth-order valence-corrected chi connectivity index (χ4v) is 1.76. The minimum absolute atomic E-state index is 0.271. The topological polar surface area (TPSA) is 61.0 Å². The van der Waals surface area contributed by atoms with Crippen molar-refractivity contribution in [3.63, 3.8) is 0 Å². The summed E-state index contributed by atoms with van der Waals surface area (Å²) in [6, 6.07) is 5.19. The highest BCUT2D eigenvalue weighted by Gasteiger charge is 2.04. The molecule has 88 valence electrons. The molecule has 0 saturated heterocycles. The maximum absolute atomic E-state index is 5.91. The molecule has 0 atom stereocenters. The van der Waals surface area contributed by atoms with Crippen LogP contribution in [0.25, 0.3) is 0 Å². The molecule has 0 aliphatic carbocycles. The van der Waals surface area contributed by atoms with Crippen LogP contribution in [0.5, 0.6) is 11.6 Å². The zero-order valence-corrected chi connectivity index (χ0v) is 11.1. The first-order chi connectivity index (χ1) is 8.19. The van der Waals surface area contributed by atoms with Gasteiger partial charge in [0.25, 0.3) is 0 Å². The Kier molecular flexibility index (Phi) is 3.93. The van der Waals surface area contributed by atoms with Gasteiger partial charge in [0.2, 0.25) is 5.88 Å². The lowest BCUT2D eigenvalue weighted by atomic mass is 10.3. The number of hydrogen-bond acceptors (Lipinski definition) is 4. The Morgan fingerprint density at radius 3 is 2.88 bits per heavy atom. The van der Waals surface area contributed by atoms with Crippen molar-refractivity contribution in [3.8, 4) is 11.6 Å². The van der Waals surface area contributed by atoms with Gasteiger partial charge >= 0.3 is 0 Å². The van der Waals surface area contributed by atoms with Crippen LogP contribution in [0.1, 0.15) is 5.69 Å². The molecule has 2 rings (SSSR count). The third-order valence-electron chi connectivity index (χ3n) is 1.99. The van der Waals surface area contributed by atoms with Crippen molar-refractivity contribution in [1.29, 1.82) is 0 Å². The van der Waals surface area contributed by atoms with Crippen molar-refractivity contribution in [1.82, 2.24) is 9.97 Å². The molecule has 4 nitrogen and oxygen atoms in total. The van der Waals surface area contributed by atoms with Crippen molar-refractivity contribution >= 4 is 27.5 Å². The van der Waals surface area contributed by atoms with Crippen LogP contribution in [0.2, 0.25) is 5.02 Å². The minimum atomic E-state index is 0.271. The lowest BCUT2D eigenvalue weighted by molar-refractivity contribution is 0.458. The van der Waals surface area contributed by atoms with Gasteiger partial charge in [-0.05, 0) is 28.1 Å². The molecule has 0 aliphatic heterocycles. The first-order valence-electron chi connectivity index (χ1n) is 4.83. The van der Waals surface area contributed by atoms with Crippen LogP contribution < -0.4 is 10.5 Å². The van der Waals surface area contributed by atoms with Gasteiger partial charge in [-0.25, -0.2) is 4.98 Å². The number of aromatic nitrogens is 2. The van der Waals surface area contributed by atoms with Crippen LogP contribution >= 0.6 is 27.5 Å². The number of nitrogens with two attached hydrogens (primary N) is 1. The molecule has 0 saturated carbocycles. The highest BCUT2D eigenvalue weighted by Crippen LogP contribution is 2.24. The van der Waals surface area contributed by atoms with E-state index in [-0.39, 0.29) is 6.54 Å². The van der Waals surface area contributed by atoms with Gasteiger partial charge in [-0.2, -0.15) is 0 Å². The molecule has 6 heteroatoms. The van der Waals surface area contributed by atoms with E-state index in [1.54, 1.807) is 30.6 Å². The van der Waals surface area contributed by atoms with Gasteiger partial charge in [-0.3, -0.25) is 4.98 Å². The summed E-state index contributed by atoms with van der Waals surface area (Å²) in [5.74, 6) is 1.03. The van der Waals surface area contributed by atoms with Crippen LogP contribution in [0.3, 0.4) is 0 Å². The first kappa shape index (κ1) is 12.3. The largest absolute Gasteiger partial charge is 0.437 e. The molecule has 0 bridgehead atoms. The van der Waals surface area contributed by atoms with Crippen LogP contribution in [0, 0.1) is 0 Å². The van der Waals surface area contributed by atoms with Gasteiger partial charge in [-0.15, -0.1) is 0 Å². The van der Waals surface area contributed by atoms with Crippen molar-refractivity contribution in [2.75, 3.05) is 0 Å². The third kappa shape index (κ3) is 3.15. The Bertz CT molecular complexity index is 536. The summed E-state index contributed by atoms with van der Waals surface area (Å²) in [5.41, 5.74) is 6.12. The van der Waals surface area contributed by atoms with E-state index in [2.05, 4.69) is 25.9 Å². The monoisotopic (exact) mass is 313 g/mol. The molecule has 0 aromatic carbocycles. The average molecular weight is 315 g/mol. The molecule has 2 N–H and O–H groups in total. The highest BCUT2D eigenvalue weighted by molar-refractivity contribution is 9.10. The van der Waals surface area contributed by atoms with Gasteiger partial charge in [0.15, 0.2) is 0 Å². The maximum atomic E-state index is 5.91. The quantitative estimate of drug-likeness (QED) is 0.945. The van der Waals surface area contributed by atoms with Crippen molar-refractivity contribution in [3.05, 3.63) is 45.8 Å². The molecule has 0 amide bonds. The SMILES string of the molecule is NCc1nc(Oc2cncc(Br)c2)ccc1Cl. The molecule has 0 fully saturated rings. The Morgan fingerprint density at radius 1 is 1.35 bits per heavy atom. The van der Waals surface area contributed by atoms with E-state index in [4.69, 9.17) is 22.1 Å². The standard InChI is InChI=1S/C11H9BrClN3O/c12-7-3-8(6-15-5-7)17-11-2-1-9(13)10(4-14)16-11/h1-3,5-6H,4,14H2. The maximum Gasteiger partial charge on any atom is 0.219 e. The smallest absolute Gasteiger partial charge is 0.219 e. The summed E-state index contributed by atoms with van der Waals surface area (Å²) in [6.45, 7) is 0.271. The van der Waals surface area contributed by atoms with Crippen LogP contribution in [0.15, 0.2) is 35.1 Å². The first-order valence-corrected chi connectivity index (χ1v) is 6.00. The number of halogens is 2. The third-order valence-corrected chi connectivity index (χ3v) is 2.77. The van der Waals surface area contributed by atoms with Crippen molar-refractivity contribution < 1.29 is 4.74 Å². The van der Waals surface area contributed by atoms with Crippen LogP contribution in [0.4, 0.5) is 0 Å². The van der Waals surface area contributed by atoms with E-state index in [1.165, 1.54) is 0 Å². The van der Waals surface area contributed by atoms with Crippen molar-refractivity contribution in [2.45, 2.75) is 6.54 Å². The zero-order chi connectivity index (χ0) is 12.3. The van der Waals surface area contributed by atoms with Crippen LogP contribution in [-0.4, -0.2) is 9.97 Å². The van der Waals surface area contributed by atoms with E-state index < -0.39 is 0 Å². The second kappa shape index (κ2) is 5.44. The zero-order valence-electron chi connectivity index (χ0n) is 8.73. The van der Waals surface area contributed by atoms with E-state index in [0.29, 0.717) is 22.3 Å². The van der Waals surface area contributed by atoms with Crippen molar-refractivity contribution in [2.24, 2.45) is 5.73 Å². The highest BCUT2D eigenvalue weighted by atomic mass is 79.9. The molecule has 2 heterocycles. The molecule has 2 aromatic rings. The normalized spacial score (nSPS) is 10.3. The number of hydrogen-bond donors (Lipinski definition) is 1. The van der Waals surface area contributed by atoms with E-state index in [9.17, 15) is 0 Å². The average Bonchev–Trinajstić information content (AvgIpc) is 2.32. The Labute approximate surface area is 112 Å². The number of rotatable bonds is 3. The van der Waals surface area contributed by atoms with Gasteiger partial charge in [-0.1, -0.05) is 11.6 Å². The second-order valence-electron chi connectivity index (χ2n) is 3.22. The second-order valence-corrected chi connectivity index (χ2v) is 4.55. The predicted molar refractivity (Wildman–Crippen MR) is 69.1 cm³/mol. The predicted octanol–water partition coefficient (Wildman–Crippen LogP) is 3.14. The van der Waals surface area contributed by atoms with Gasteiger partial charge in [0.1, 0.15) is 5.75 Å². The molecule has 17 heavy (non-hydrogen) atoms. The Balaban J connectivity index is 2.24. The van der Waals surface area contributed by atoms with Crippen LogP contribution in [-0.2, 0) is 6.54 Å². The fraction of sp³-hybridized carbons (Fsp3) is 0.0909. The summed E-state index contributed by atoms with van der Waals surface area (Å²) in [6.07, 6.45) is 3.27. The lowest BCUT2D eigenvalue weighted by Gasteiger charge is -2.06. The summed E-state index contributed by atoms with van der Waals surface area (Å²) in [5, 5.41) is 0.534. The van der Waals surface area contributed by atoms with Gasteiger partial charge in [0, 0.05) is 23.3 Å². The Hall–Kier alpha value is -1.17. The molecule has 0 unspecified atom stereocenters. The number of nitrogens with zero attached hydrogens (tertiary/aromatic N) is 2. The van der Waals surface area contributed by atoms with E-state index in [1.807, 2.05) is 0 Å².